The number of carboxylic acid groups (broad SMARTS) is 1. The number of hydrogen-bond acceptors (Lipinski definition) is 14. The van der Waals surface area contributed by atoms with Gasteiger partial charge >= 0.3 is 17.9 Å². The Morgan fingerprint density at radius 3 is 1.08 bits per heavy atom. The van der Waals surface area contributed by atoms with Crippen molar-refractivity contribution >= 4 is 23.8 Å². The van der Waals surface area contributed by atoms with Gasteiger partial charge in [-0.05, 0) is 201 Å². The third-order valence-corrected chi connectivity index (χ3v) is 17.9. The third-order valence-electron chi connectivity index (χ3n) is 17.9. The molecule has 0 spiro atoms. The van der Waals surface area contributed by atoms with E-state index in [2.05, 4.69) is 38.6 Å². The van der Waals surface area contributed by atoms with Gasteiger partial charge in [-0.1, -0.05) is 126 Å². The Labute approximate surface area is 568 Å². The maximum Gasteiger partial charge on any atom is 0.337 e. The van der Waals surface area contributed by atoms with E-state index in [1.807, 2.05) is 95.3 Å². The number of hydrogen-bond donors (Lipinski definition) is 7. The quantitative estimate of drug-likeness (QED) is 0.0418. The van der Waals surface area contributed by atoms with Crippen molar-refractivity contribution in [2.75, 3.05) is 14.2 Å². The third kappa shape index (κ3) is 27.5. The second kappa shape index (κ2) is 42.2. The topological polar surface area (TPSA) is 279 Å². The van der Waals surface area contributed by atoms with Crippen LogP contribution in [0.2, 0.25) is 0 Å². The largest absolute Gasteiger partial charge is 0.478 e. The van der Waals surface area contributed by atoms with Gasteiger partial charge in [0, 0.05) is 41.2 Å². The molecule has 4 aromatic carbocycles. The number of methoxy groups -OCH3 is 2. The zero-order chi connectivity index (χ0) is 70.1. The Morgan fingerprint density at radius 1 is 0.479 bits per heavy atom. The minimum Gasteiger partial charge on any atom is -0.478 e. The number of H-pyrrole nitrogens is 2. The Balaban J connectivity index is 0.000000218. The number of ether oxygens (including phenoxy) is 5. The number of aliphatic hydroxyl groups excluding tert-OH is 2. The molecule has 0 aliphatic heterocycles. The molecule has 0 radical (unpaired) electrons. The summed E-state index contributed by atoms with van der Waals surface area (Å²) in [6.07, 6.45) is 25.1. The summed E-state index contributed by atoms with van der Waals surface area (Å²) in [7, 11) is 2.73. The van der Waals surface area contributed by atoms with E-state index >= 15 is 0 Å². The molecule has 4 aliphatic rings. The van der Waals surface area contributed by atoms with E-state index in [1.54, 1.807) is 55.5 Å². The minimum atomic E-state index is -0.887. The van der Waals surface area contributed by atoms with Crippen LogP contribution in [0.25, 0.3) is 0 Å². The lowest BCUT2D eigenvalue weighted by atomic mass is 9.97. The number of carbonyl (C=O) groups is 4. The van der Waals surface area contributed by atoms with Crippen molar-refractivity contribution in [2.45, 2.75) is 246 Å². The summed E-state index contributed by atoms with van der Waals surface area (Å²) in [5.41, 5.74) is 16.0. The number of aromatic nitrogens is 2. The average Bonchev–Trinajstić information content (AvgIpc) is 1.25. The van der Waals surface area contributed by atoms with Crippen molar-refractivity contribution in [2.24, 2.45) is 5.73 Å². The van der Waals surface area contributed by atoms with Crippen molar-refractivity contribution in [1.29, 1.82) is 0 Å². The molecule has 4 atom stereocenters. The minimum absolute atomic E-state index is 0.0222. The first-order chi connectivity index (χ1) is 46.0. The number of nitrogens with two attached hydrogens (primary N) is 1. The second-order valence-corrected chi connectivity index (χ2v) is 25.6. The number of aryl methyl sites for hydroxylation is 4. The van der Waals surface area contributed by atoms with E-state index in [1.165, 1.54) is 104 Å². The molecule has 18 heteroatoms. The molecule has 524 valence electrons. The molecule has 1 amide bonds. The van der Waals surface area contributed by atoms with Crippen molar-refractivity contribution < 1.29 is 58.2 Å². The molecule has 4 aliphatic carbocycles. The number of nitrogens with one attached hydrogen (secondary N) is 3. The van der Waals surface area contributed by atoms with Gasteiger partial charge in [0.05, 0.1) is 79.7 Å². The molecule has 10 rings (SSSR count). The molecule has 0 bridgehead atoms. The van der Waals surface area contributed by atoms with Crippen molar-refractivity contribution in [3.63, 3.8) is 0 Å². The molecule has 2 aromatic heterocycles. The number of aromatic amines is 2. The van der Waals surface area contributed by atoms with Gasteiger partial charge in [-0.2, -0.15) is 0 Å². The Bertz CT molecular complexity index is 3390. The van der Waals surface area contributed by atoms with Gasteiger partial charge < -0.3 is 60.0 Å². The molecule has 2 heterocycles. The van der Waals surface area contributed by atoms with E-state index in [0.29, 0.717) is 58.2 Å². The molecule has 4 unspecified atom stereocenters. The van der Waals surface area contributed by atoms with Crippen LogP contribution in [0, 0.1) is 27.7 Å². The Morgan fingerprint density at radius 2 is 0.792 bits per heavy atom. The molecule has 96 heavy (non-hydrogen) atoms. The van der Waals surface area contributed by atoms with E-state index in [9.17, 15) is 33.9 Å². The number of aromatic carboxylic acids is 1. The van der Waals surface area contributed by atoms with Crippen LogP contribution in [0.5, 0.6) is 0 Å². The van der Waals surface area contributed by atoms with Crippen molar-refractivity contribution in [1.82, 2.24) is 15.3 Å². The first-order valence-corrected chi connectivity index (χ1v) is 34.5. The van der Waals surface area contributed by atoms with Gasteiger partial charge in [0.1, 0.15) is 0 Å². The van der Waals surface area contributed by atoms with E-state index in [0.717, 1.165) is 83.3 Å². The zero-order valence-electron chi connectivity index (χ0n) is 58.5. The first-order valence-electron chi connectivity index (χ1n) is 34.5. The lowest BCUT2D eigenvalue weighted by Gasteiger charge is -2.26. The standard InChI is InChI=1S/C23H30N2O3.C16H22O3.C15H20O3.C10H12O3.C8H12N2O.C6H12O/c1-15-13-16(2)25-23(27)21(15)14-24-22(26)19-11-9-18(10-12-19)17(3)28-20-7-5-4-6-8-20;1-12(19-15-6-4-3-5-7-15)13-8-10-14(11-9-13)16(17)18-2;1-11(18-14-5-3-2-4-6-14)12-7-9-13(10-8-12)15(16)17;1-7(11)8-3-5-9(6-4-8)10(12)13-2;1-5-3-6(2)10-8(11)7(5)4-9;7-6-4-2-1-3-5-6/h9-13,17,20H,4-8,14H2,1-3H3,(H,24,26)(H,25,27);8-12,15H,3-7H2,1-2H3;7-11,14H,2-6H2,1H3,(H,16,17);3-7,11H,1-2H3;3H,4,9H2,1-2H3,(H,10,11);6-7H,1-5H2. The summed E-state index contributed by atoms with van der Waals surface area (Å²) >= 11 is 0. The highest BCUT2D eigenvalue weighted by molar-refractivity contribution is 5.94. The fourth-order valence-corrected chi connectivity index (χ4v) is 12.1. The smallest absolute Gasteiger partial charge is 0.337 e. The van der Waals surface area contributed by atoms with Gasteiger partial charge in [0.2, 0.25) is 0 Å². The number of aliphatic hydroxyl groups is 2. The molecule has 4 fully saturated rings. The summed E-state index contributed by atoms with van der Waals surface area (Å²) < 4.78 is 27.5. The molecule has 0 saturated heterocycles. The molecule has 8 N–H and O–H groups in total. The predicted octanol–water partition coefficient (Wildman–Crippen LogP) is 15.3. The number of amides is 1. The molecule has 4 saturated carbocycles. The fourth-order valence-electron chi connectivity index (χ4n) is 12.1. The second-order valence-electron chi connectivity index (χ2n) is 25.6. The monoisotopic (exact) mass is 1320 g/mol. The molecular formula is C78H108N4O14. The Kier molecular flexibility index (Phi) is 34.8. The van der Waals surface area contributed by atoms with Crippen LogP contribution in [-0.4, -0.2) is 87.7 Å². The van der Waals surface area contributed by atoms with E-state index in [-0.39, 0.29) is 59.9 Å². The number of carboxylic acids is 1. The maximum absolute atomic E-state index is 12.5. The summed E-state index contributed by atoms with van der Waals surface area (Å²) in [5, 5.41) is 29.8. The average molecular weight is 1330 g/mol. The summed E-state index contributed by atoms with van der Waals surface area (Å²) in [4.78, 5) is 74.3. The zero-order valence-corrected chi connectivity index (χ0v) is 58.5. The molecule has 6 aromatic rings. The number of rotatable bonds is 17. The number of pyridine rings is 2. The van der Waals surface area contributed by atoms with Crippen LogP contribution in [0.4, 0.5) is 0 Å². The fraction of sp³-hybridized carbons (Fsp3) is 0.513. The summed E-state index contributed by atoms with van der Waals surface area (Å²) in [6, 6.07) is 32.5. The van der Waals surface area contributed by atoms with Crippen LogP contribution in [-0.2, 0) is 36.8 Å². The normalized spacial score (nSPS) is 16.3. The van der Waals surface area contributed by atoms with Crippen LogP contribution < -0.4 is 22.2 Å². The van der Waals surface area contributed by atoms with Crippen molar-refractivity contribution in [3.8, 4) is 0 Å². The molecular weight excluding hydrogens is 1220 g/mol. The van der Waals surface area contributed by atoms with Crippen LogP contribution in [0.3, 0.4) is 0 Å². The van der Waals surface area contributed by atoms with E-state index < -0.39 is 12.1 Å². The highest BCUT2D eigenvalue weighted by Gasteiger charge is 2.22. The number of esters is 2. The first kappa shape index (κ1) is 79.1. The molecule has 18 nitrogen and oxygen atoms in total. The lowest BCUT2D eigenvalue weighted by molar-refractivity contribution is -0.0224. The van der Waals surface area contributed by atoms with Gasteiger partial charge in [0.15, 0.2) is 0 Å². The van der Waals surface area contributed by atoms with Crippen LogP contribution >= 0.6 is 0 Å². The highest BCUT2D eigenvalue weighted by atomic mass is 16.5. The van der Waals surface area contributed by atoms with E-state index in [4.69, 9.17) is 30.2 Å². The van der Waals surface area contributed by atoms with Crippen LogP contribution in [0.15, 0.2) is 119 Å². The number of benzene rings is 4. The Hall–Kier alpha value is -7.58. The van der Waals surface area contributed by atoms with Gasteiger partial charge in [-0.25, -0.2) is 14.4 Å². The van der Waals surface area contributed by atoms with Gasteiger partial charge in [-0.3, -0.25) is 14.4 Å². The van der Waals surface area contributed by atoms with Crippen LogP contribution in [0.1, 0.15) is 278 Å². The SMILES string of the molecule is CC(OC1CCCCC1)c1ccc(C(=O)O)cc1.COC(=O)c1ccc(C(C)O)cc1.COC(=O)c1ccc(C(C)OC2CCCCC2)cc1.Cc1cc(C)c(CN)c(=O)[nH]1.Cc1cc(C)c(CNC(=O)c2ccc(C(C)OC3CCCCC3)cc2)c(=O)[nH]1.OC1CCCCC1. The lowest BCUT2D eigenvalue weighted by Crippen LogP contribution is -2.28. The highest BCUT2D eigenvalue weighted by Crippen LogP contribution is 2.30. The maximum atomic E-state index is 12.5. The number of carbonyl (C=O) groups excluding carboxylic acids is 3. The van der Waals surface area contributed by atoms with Crippen molar-refractivity contribution in [3.05, 3.63) is 208 Å². The summed E-state index contributed by atoms with van der Waals surface area (Å²) in [5.74, 6) is -1.74. The van der Waals surface area contributed by atoms with Gasteiger partial charge in [0.25, 0.3) is 17.0 Å². The van der Waals surface area contributed by atoms with Gasteiger partial charge in [-0.15, -0.1) is 0 Å². The predicted molar refractivity (Wildman–Crippen MR) is 376 cm³/mol. The summed E-state index contributed by atoms with van der Waals surface area (Å²) in [6.45, 7) is 15.8.